The molecule has 1 amide bonds. The van der Waals surface area contributed by atoms with Crippen LogP contribution in [0, 0.1) is 5.92 Å². The maximum Gasteiger partial charge on any atom is 0.250 e. The number of ether oxygens (including phenoxy) is 1. The predicted octanol–water partition coefficient (Wildman–Crippen LogP) is 6.28. The molecule has 0 heterocycles. The summed E-state index contributed by atoms with van der Waals surface area (Å²) in [5.41, 5.74) is 0.870. The minimum atomic E-state index is -0.0208. The van der Waals surface area contributed by atoms with Gasteiger partial charge in [0, 0.05) is 5.70 Å². The third kappa shape index (κ3) is 9.75. The van der Waals surface area contributed by atoms with Crippen LogP contribution in [0.1, 0.15) is 109 Å². The summed E-state index contributed by atoms with van der Waals surface area (Å²) in [6.07, 6.45) is 22.0. The van der Waals surface area contributed by atoms with Crippen molar-refractivity contribution in [2.75, 3.05) is 6.61 Å². The minimum absolute atomic E-state index is 0.0208. The van der Waals surface area contributed by atoms with Gasteiger partial charge >= 0.3 is 0 Å². The highest BCUT2D eigenvalue weighted by molar-refractivity contribution is 5.78. The monoisotopic (exact) mass is 363 g/mol. The summed E-state index contributed by atoms with van der Waals surface area (Å²) in [5.74, 6) is 0.798. The Bertz CT molecular complexity index is 389. The molecule has 0 bridgehead atoms. The molecule has 3 nitrogen and oxygen atoms in total. The highest BCUT2D eigenvalue weighted by Gasteiger charge is 2.15. The van der Waals surface area contributed by atoms with E-state index in [9.17, 15) is 4.79 Å². The van der Waals surface area contributed by atoms with Gasteiger partial charge in [0.05, 0.1) is 6.10 Å². The van der Waals surface area contributed by atoms with Crippen molar-refractivity contribution in [3.8, 4) is 0 Å². The van der Waals surface area contributed by atoms with Crippen LogP contribution < -0.4 is 5.32 Å². The molecule has 0 saturated heterocycles. The van der Waals surface area contributed by atoms with E-state index in [0.717, 1.165) is 30.9 Å². The molecule has 0 radical (unpaired) electrons. The van der Waals surface area contributed by atoms with Crippen molar-refractivity contribution in [3.63, 3.8) is 0 Å². The smallest absolute Gasteiger partial charge is 0.250 e. The van der Waals surface area contributed by atoms with Crippen LogP contribution in [0.3, 0.4) is 0 Å². The molecule has 1 N–H and O–H groups in total. The van der Waals surface area contributed by atoms with Gasteiger partial charge in [0.25, 0.3) is 0 Å². The van der Waals surface area contributed by atoms with E-state index in [2.05, 4.69) is 11.9 Å². The molecule has 150 valence electrons. The maximum absolute atomic E-state index is 12.2. The Morgan fingerprint density at radius 1 is 0.808 bits per heavy atom. The summed E-state index contributed by atoms with van der Waals surface area (Å²) in [6, 6.07) is 0. The van der Waals surface area contributed by atoms with Crippen molar-refractivity contribution in [3.05, 3.63) is 12.3 Å². The van der Waals surface area contributed by atoms with Gasteiger partial charge in [-0.05, 0) is 31.6 Å². The topological polar surface area (TPSA) is 38.3 Å². The fraction of sp³-hybridized carbons (Fsp3) is 0.870. The molecule has 2 fully saturated rings. The Labute approximate surface area is 161 Å². The first-order chi connectivity index (χ1) is 12.7. The fourth-order valence-electron chi connectivity index (χ4n) is 4.46. The second kappa shape index (κ2) is 13.4. The minimum Gasteiger partial charge on any atom is -0.368 e. The zero-order valence-corrected chi connectivity index (χ0v) is 16.9. The molecule has 0 atom stereocenters. The number of hydrogen-bond acceptors (Lipinski definition) is 2. The summed E-state index contributed by atoms with van der Waals surface area (Å²) in [6.45, 7) is 4.26. The Hall–Kier alpha value is -0.830. The van der Waals surface area contributed by atoms with Crippen molar-refractivity contribution in [2.45, 2.75) is 115 Å². The molecule has 0 aromatic rings. The van der Waals surface area contributed by atoms with Gasteiger partial charge < -0.3 is 10.1 Å². The highest BCUT2D eigenvalue weighted by atomic mass is 16.5. The molecule has 0 unspecified atom stereocenters. The van der Waals surface area contributed by atoms with E-state index >= 15 is 0 Å². The second-order valence-electron chi connectivity index (χ2n) is 8.53. The number of hydrogen-bond donors (Lipinski definition) is 1. The predicted molar refractivity (Wildman–Crippen MR) is 109 cm³/mol. The maximum atomic E-state index is 12.2. The lowest BCUT2D eigenvalue weighted by molar-refractivity contribution is -0.127. The normalized spacial score (nSPS) is 21.7. The third-order valence-electron chi connectivity index (χ3n) is 6.15. The quantitative estimate of drug-likeness (QED) is 0.578. The lowest BCUT2D eigenvalue weighted by Crippen LogP contribution is -2.29. The Morgan fingerprint density at radius 2 is 1.31 bits per heavy atom. The van der Waals surface area contributed by atoms with E-state index < -0.39 is 0 Å². The molecule has 0 aromatic heterocycles. The van der Waals surface area contributed by atoms with Crippen LogP contribution in [0.4, 0.5) is 0 Å². The summed E-state index contributed by atoms with van der Waals surface area (Å²) in [5, 5.41) is 2.97. The molecule has 2 aliphatic carbocycles. The van der Waals surface area contributed by atoms with Crippen LogP contribution >= 0.6 is 0 Å². The molecular weight excluding hydrogens is 322 g/mol. The Balaban J connectivity index is 1.59. The van der Waals surface area contributed by atoms with Gasteiger partial charge in [0.1, 0.15) is 6.61 Å². The molecule has 0 aliphatic heterocycles. The zero-order valence-electron chi connectivity index (χ0n) is 16.9. The first-order valence-corrected chi connectivity index (χ1v) is 11.3. The van der Waals surface area contributed by atoms with Gasteiger partial charge in [-0.25, -0.2) is 0 Å². The number of carbonyl (C=O) groups excluding carboxylic acids is 1. The van der Waals surface area contributed by atoms with Crippen molar-refractivity contribution in [1.82, 2.24) is 5.32 Å². The average molecular weight is 364 g/mol. The zero-order chi connectivity index (χ0) is 18.5. The van der Waals surface area contributed by atoms with Gasteiger partial charge in [-0.3, -0.25) is 4.79 Å². The Kier molecular flexibility index (Phi) is 11.0. The summed E-state index contributed by atoms with van der Waals surface area (Å²) >= 11 is 0. The van der Waals surface area contributed by atoms with E-state index in [0.29, 0.717) is 0 Å². The van der Waals surface area contributed by atoms with Gasteiger partial charge in [0.2, 0.25) is 5.91 Å². The van der Waals surface area contributed by atoms with Crippen molar-refractivity contribution >= 4 is 5.91 Å². The third-order valence-corrected chi connectivity index (χ3v) is 6.15. The number of amides is 1. The van der Waals surface area contributed by atoms with Gasteiger partial charge in [-0.2, -0.15) is 0 Å². The van der Waals surface area contributed by atoms with Gasteiger partial charge in [-0.1, -0.05) is 90.0 Å². The molecule has 2 saturated carbocycles. The lowest BCUT2D eigenvalue weighted by atomic mass is 9.88. The summed E-state index contributed by atoms with van der Waals surface area (Å²) in [4.78, 5) is 12.2. The largest absolute Gasteiger partial charge is 0.368 e. The Morgan fingerprint density at radius 3 is 1.88 bits per heavy atom. The standard InChI is InChI=1S/C23H41NO2/c1-20(17-18-21-13-9-5-4-6-10-14-21)24-23(25)19-26-22-15-11-7-2-3-8-12-16-22/h21-22H,1-19H2,(H,24,25). The molecule has 26 heavy (non-hydrogen) atoms. The van der Waals surface area contributed by atoms with Crippen LogP contribution in [0.25, 0.3) is 0 Å². The second-order valence-corrected chi connectivity index (χ2v) is 8.53. The van der Waals surface area contributed by atoms with E-state index in [1.807, 2.05) is 0 Å². The van der Waals surface area contributed by atoms with E-state index in [4.69, 9.17) is 4.74 Å². The molecule has 0 spiro atoms. The fourth-order valence-corrected chi connectivity index (χ4v) is 4.46. The van der Waals surface area contributed by atoms with Crippen molar-refractivity contribution < 1.29 is 9.53 Å². The number of allylic oxidation sites excluding steroid dienone is 1. The molecular formula is C23H41NO2. The van der Waals surface area contributed by atoms with Crippen LogP contribution in [0.15, 0.2) is 12.3 Å². The van der Waals surface area contributed by atoms with Gasteiger partial charge in [-0.15, -0.1) is 0 Å². The molecule has 2 rings (SSSR count). The highest BCUT2D eigenvalue weighted by Crippen LogP contribution is 2.26. The average Bonchev–Trinajstić information content (AvgIpc) is 2.73. The summed E-state index contributed by atoms with van der Waals surface area (Å²) in [7, 11) is 0. The summed E-state index contributed by atoms with van der Waals surface area (Å²) < 4.78 is 5.91. The van der Waals surface area contributed by atoms with E-state index in [1.165, 1.54) is 89.9 Å². The SMILES string of the molecule is C=C(CCC1CCCCCCC1)NC(=O)COC1CCCCCCCC1. The first-order valence-electron chi connectivity index (χ1n) is 11.3. The number of rotatable bonds is 7. The molecule has 0 aromatic carbocycles. The van der Waals surface area contributed by atoms with Crippen LogP contribution in [0.2, 0.25) is 0 Å². The van der Waals surface area contributed by atoms with Crippen LogP contribution in [-0.4, -0.2) is 18.6 Å². The van der Waals surface area contributed by atoms with Crippen LogP contribution in [0.5, 0.6) is 0 Å². The molecule has 2 aliphatic rings. The van der Waals surface area contributed by atoms with Crippen LogP contribution in [-0.2, 0) is 9.53 Å². The van der Waals surface area contributed by atoms with Crippen molar-refractivity contribution in [1.29, 1.82) is 0 Å². The van der Waals surface area contributed by atoms with Crippen molar-refractivity contribution in [2.24, 2.45) is 5.92 Å². The van der Waals surface area contributed by atoms with Gasteiger partial charge in [0.15, 0.2) is 0 Å². The lowest BCUT2D eigenvalue weighted by Gasteiger charge is -2.20. The first kappa shape index (κ1) is 21.5. The molecule has 3 heteroatoms. The van der Waals surface area contributed by atoms with E-state index in [1.54, 1.807) is 0 Å². The number of carbonyl (C=O) groups is 1. The van der Waals surface area contributed by atoms with E-state index in [-0.39, 0.29) is 18.6 Å². The number of nitrogens with one attached hydrogen (secondary N) is 1.